The smallest absolute Gasteiger partial charge is 0.228 e. The van der Waals surface area contributed by atoms with Crippen molar-refractivity contribution in [1.29, 1.82) is 0 Å². The fraction of sp³-hybridized carbons (Fsp3) is 0.636. The number of fused-ring (bicyclic) bond motifs is 1. The van der Waals surface area contributed by atoms with E-state index >= 15 is 0 Å². The van der Waals surface area contributed by atoms with E-state index in [9.17, 15) is 0 Å². The molecule has 1 saturated heterocycles. The number of methoxy groups -OCH3 is 1. The lowest BCUT2D eigenvalue weighted by atomic mass is 10.2. The average molecular weight is 252 g/mol. The summed E-state index contributed by atoms with van der Waals surface area (Å²) in [4.78, 5) is 11.4. The number of anilines is 1. The molecule has 2 aliphatic rings. The summed E-state index contributed by atoms with van der Waals surface area (Å²) in [5, 5.41) is 3.29. The molecule has 0 radical (unpaired) electrons. The van der Waals surface area contributed by atoms with Crippen molar-refractivity contribution in [3.05, 3.63) is 11.3 Å². The zero-order valence-electron chi connectivity index (χ0n) is 9.90. The molecule has 1 aromatic rings. The van der Waals surface area contributed by atoms with E-state index in [4.69, 9.17) is 4.74 Å². The quantitative estimate of drug-likeness (QED) is 0.833. The maximum Gasteiger partial charge on any atom is 0.228 e. The molecule has 2 aliphatic heterocycles. The Morgan fingerprint density at radius 1 is 1.24 bits per heavy atom. The van der Waals surface area contributed by atoms with E-state index in [2.05, 4.69) is 20.2 Å². The summed E-state index contributed by atoms with van der Waals surface area (Å²) in [5.74, 6) is 3.86. The molecule has 3 heterocycles. The zero-order valence-corrected chi connectivity index (χ0v) is 10.7. The molecule has 0 bridgehead atoms. The Kier molecular flexibility index (Phi) is 3.07. The van der Waals surface area contributed by atoms with Crippen LogP contribution in [0, 0.1) is 0 Å². The van der Waals surface area contributed by atoms with Crippen molar-refractivity contribution in [1.82, 2.24) is 15.3 Å². The third-order valence-corrected chi connectivity index (χ3v) is 4.07. The van der Waals surface area contributed by atoms with Gasteiger partial charge in [0.25, 0.3) is 0 Å². The summed E-state index contributed by atoms with van der Waals surface area (Å²) in [6.07, 6.45) is 0. The maximum atomic E-state index is 5.37. The minimum Gasteiger partial charge on any atom is -0.481 e. The molecule has 5 nitrogen and oxygen atoms in total. The molecule has 0 spiro atoms. The van der Waals surface area contributed by atoms with Gasteiger partial charge in [-0.15, -0.1) is 0 Å². The van der Waals surface area contributed by atoms with Crippen molar-refractivity contribution in [3.63, 3.8) is 0 Å². The van der Waals surface area contributed by atoms with Gasteiger partial charge in [0.15, 0.2) is 0 Å². The lowest BCUT2D eigenvalue weighted by molar-refractivity contribution is 0.391. The van der Waals surface area contributed by atoms with Gasteiger partial charge in [0, 0.05) is 37.7 Å². The third-order valence-electron chi connectivity index (χ3n) is 3.12. The van der Waals surface area contributed by atoms with Crippen LogP contribution in [-0.2, 0) is 13.1 Å². The number of rotatable bonds is 2. The Bertz CT molecular complexity index is 420. The van der Waals surface area contributed by atoms with Gasteiger partial charge in [0.05, 0.1) is 18.4 Å². The van der Waals surface area contributed by atoms with Crippen LogP contribution in [0.3, 0.4) is 0 Å². The highest BCUT2D eigenvalue weighted by molar-refractivity contribution is 7.99. The Hall–Kier alpha value is -1.01. The van der Waals surface area contributed by atoms with Gasteiger partial charge in [-0.25, -0.2) is 4.98 Å². The van der Waals surface area contributed by atoms with Crippen LogP contribution in [0.2, 0.25) is 0 Å². The largest absolute Gasteiger partial charge is 0.481 e. The molecule has 0 unspecified atom stereocenters. The van der Waals surface area contributed by atoms with E-state index in [1.54, 1.807) is 7.11 Å². The molecule has 1 N–H and O–H groups in total. The van der Waals surface area contributed by atoms with Crippen molar-refractivity contribution < 1.29 is 4.74 Å². The molecule has 6 heteroatoms. The summed E-state index contributed by atoms with van der Waals surface area (Å²) in [7, 11) is 1.68. The zero-order chi connectivity index (χ0) is 11.7. The second-order valence-corrected chi connectivity index (χ2v) is 5.39. The number of aromatic nitrogens is 2. The first-order valence-corrected chi connectivity index (χ1v) is 7.01. The molecule has 17 heavy (non-hydrogen) atoms. The van der Waals surface area contributed by atoms with Gasteiger partial charge in [-0.3, -0.25) is 0 Å². The second-order valence-electron chi connectivity index (χ2n) is 4.16. The number of thioether (sulfide) groups is 1. The van der Waals surface area contributed by atoms with E-state index in [0.717, 1.165) is 60.8 Å². The summed E-state index contributed by atoms with van der Waals surface area (Å²) in [6.45, 7) is 3.69. The molecule has 3 rings (SSSR count). The molecule has 1 aromatic heterocycles. The van der Waals surface area contributed by atoms with Crippen LogP contribution in [0.15, 0.2) is 0 Å². The molecule has 0 aromatic carbocycles. The summed E-state index contributed by atoms with van der Waals surface area (Å²) < 4.78 is 5.37. The minimum absolute atomic E-state index is 0.730. The fourth-order valence-electron chi connectivity index (χ4n) is 2.20. The average Bonchev–Trinajstić information content (AvgIpc) is 2.86. The summed E-state index contributed by atoms with van der Waals surface area (Å²) in [6, 6.07) is 0. The molecule has 0 aliphatic carbocycles. The molecular weight excluding hydrogens is 236 g/mol. The summed E-state index contributed by atoms with van der Waals surface area (Å²) in [5.41, 5.74) is 2.20. The highest BCUT2D eigenvalue weighted by Crippen LogP contribution is 2.26. The number of hydrogen-bond donors (Lipinski definition) is 1. The molecule has 0 amide bonds. The molecule has 1 fully saturated rings. The van der Waals surface area contributed by atoms with Crippen LogP contribution in [-0.4, -0.2) is 41.7 Å². The van der Waals surface area contributed by atoms with Crippen LogP contribution >= 0.6 is 11.8 Å². The van der Waals surface area contributed by atoms with Crippen LogP contribution < -0.4 is 15.0 Å². The van der Waals surface area contributed by atoms with E-state index in [-0.39, 0.29) is 0 Å². The first-order valence-electron chi connectivity index (χ1n) is 5.85. The van der Waals surface area contributed by atoms with Crippen molar-refractivity contribution in [2.24, 2.45) is 0 Å². The maximum absolute atomic E-state index is 5.37. The van der Waals surface area contributed by atoms with E-state index < -0.39 is 0 Å². The van der Waals surface area contributed by atoms with Crippen LogP contribution in [0.5, 0.6) is 5.88 Å². The van der Waals surface area contributed by atoms with Gasteiger partial charge in [-0.1, -0.05) is 0 Å². The molecule has 92 valence electrons. The standard InChI is InChI=1S/C11H16N4OS/c1-16-10-8-6-12-7-9(8)13-11(14-10)15-2-4-17-5-3-15/h12H,2-7H2,1H3. The lowest BCUT2D eigenvalue weighted by Crippen LogP contribution is -2.34. The predicted molar refractivity (Wildman–Crippen MR) is 68.7 cm³/mol. The monoisotopic (exact) mass is 252 g/mol. The Morgan fingerprint density at radius 2 is 2.06 bits per heavy atom. The van der Waals surface area contributed by atoms with Crippen LogP contribution in [0.4, 0.5) is 5.95 Å². The van der Waals surface area contributed by atoms with Crippen LogP contribution in [0.25, 0.3) is 0 Å². The highest BCUT2D eigenvalue weighted by Gasteiger charge is 2.22. The minimum atomic E-state index is 0.730. The van der Waals surface area contributed by atoms with Crippen molar-refractivity contribution in [2.75, 3.05) is 36.6 Å². The lowest BCUT2D eigenvalue weighted by Gasteiger charge is -2.26. The van der Waals surface area contributed by atoms with Gasteiger partial charge >= 0.3 is 0 Å². The molecule has 0 saturated carbocycles. The number of nitrogens with zero attached hydrogens (tertiary/aromatic N) is 3. The van der Waals surface area contributed by atoms with Gasteiger partial charge in [-0.2, -0.15) is 16.7 Å². The van der Waals surface area contributed by atoms with Crippen molar-refractivity contribution in [3.8, 4) is 5.88 Å². The number of ether oxygens (including phenoxy) is 1. The Balaban J connectivity index is 1.94. The van der Waals surface area contributed by atoms with E-state index in [1.807, 2.05) is 11.8 Å². The number of nitrogens with one attached hydrogen (secondary N) is 1. The molecular formula is C11H16N4OS. The van der Waals surface area contributed by atoms with E-state index in [0.29, 0.717) is 0 Å². The van der Waals surface area contributed by atoms with E-state index in [1.165, 1.54) is 0 Å². The fourth-order valence-corrected chi connectivity index (χ4v) is 3.10. The third kappa shape index (κ3) is 2.07. The highest BCUT2D eigenvalue weighted by atomic mass is 32.2. The van der Waals surface area contributed by atoms with Crippen molar-refractivity contribution in [2.45, 2.75) is 13.1 Å². The van der Waals surface area contributed by atoms with Gasteiger partial charge in [-0.05, 0) is 0 Å². The second kappa shape index (κ2) is 4.70. The molecule has 0 atom stereocenters. The van der Waals surface area contributed by atoms with Gasteiger partial charge < -0.3 is 15.0 Å². The Morgan fingerprint density at radius 3 is 2.82 bits per heavy atom. The van der Waals surface area contributed by atoms with Gasteiger partial charge in [0.2, 0.25) is 11.8 Å². The van der Waals surface area contributed by atoms with Crippen LogP contribution in [0.1, 0.15) is 11.3 Å². The topological polar surface area (TPSA) is 50.3 Å². The first-order chi connectivity index (χ1) is 8.38. The Labute approximate surface area is 105 Å². The SMILES string of the molecule is COc1nc(N2CCSCC2)nc2c1CNC2. The van der Waals surface area contributed by atoms with Crippen molar-refractivity contribution >= 4 is 17.7 Å². The normalized spacial score (nSPS) is 19.2. The first kappa shape index (κ1) is 11.1. The summed E-state index contributed by atoms with van der Waals surface area (Å²) >= 11 is 1.99. The predicted octanol–water partition coefficient (Wildman–Crippen LogP) is 0.642. The number of hydrogen-bond acceptors (Lipinski definition) is 6. The van der Waals surface area contributed by atoms with Gasteiger partial charge in [0.1, 0.15) is 0 Å².